The summed E-state index contributed by atoms with van der Waals surface area (Å²) in [4.78, 5) is 61.1. The van der Waals surface area contributed by atoms with Crippen LogP contribution in [0.5, 0.6) is 0 Å². The van der Waals surface area contributed by atoms with Gasteiger partial charge < -0.3 is 37.2 Å². The average Bonchev–Trinajstić information content (AvgIpc) is 3.18. The van der Waals surface area contributed by atoms with Crippen molar-refractivity contribution in [1.82, 2.24) is 15.5 Å². The van der Waals surface area contributed by atoms with Gasteiger partial charge in [-0.2, -0.15) is 0 Å². The molecule has 1 heterocycles. The fourth-order valence-corrected chi connectivity index (χ4v) is 3.13. The minimum absolute atomic E-state index is 0.0732. The molecule has 0 radical (unpaired) electrons. The number of rotatable bonds is 11. The number of carboxylic acids is 1. The maximum absolute atomic E-state index is 12.7. The van der Waals surface area contributed by atoms with Crippen molar-refractivity contribution in [2.45, 2.75) is 63.7 Å². The van der Waals surface area contributed by atoms with E-state index in [1.165, 1.54) is 4.90 Å². The number of hydrogen-bond donors (Lipinski definition) is 6. The highest BCUT2D eigenvalue weighted by atomic mass is 16.4. The highest BCUT2D eigenvalue weighted by Crippen LogP contribution is 2.20. The zero-order chi connectivity index (χ0) is 23.0. The maximum atomic E-state index is 12.7. The summed E-state index contributed by atoms with van der Waals surface area (Å²) in [6, 6.07) is -4.67. The summed E-state index contributed by atoms with van der Waals surface area (Å²) in [7, 11) is 0. The molecule has 0 aliphatic carbocycles. The Balaban J connectivity index is 2.81. The summed E-state index contributed by atoms with van der Waals surface area (Å²) >= 11 is 0. The number of aliphatic hydroxyl groups excluding tert-OH is 1. The van der Waals surface area contributed by atoms with Crippen LogP contribution in [0.25, 0.3) is 0 Å². The first-order valence-electron chi connectivity index (χ1n) is 9.82. The third-order valence-corrected chi connectivity index (χ3v) is 5.22. The van der Waals surface area contributed by atoms with Crippen molar-refractivity contribution < 1.29 is 34.2 Å². The first-order valence-corrected chi connectivity index (χ1v) is 9.82. The van der Waals surface area contributed by atoms with Crippen molar-refractivity contribution in [3.05, 3.63) is 0 Å². The zero-order valence-corrected chi connectivity index (χ0v) is 17.2. The van der Waals surface area contributed by atoms with Crippen LogP contribution >= 0.6 is 0 Å². The van der Waals surface area contributed by atoms with Crippen LogP contribution in [0.1, 0.15) is 39.5 Å². The summed E-state index contributed by atoms with van der Waals surface area (Å²) in [5, 5.41) is 22.9. The molecule has 4 amide bonds. The van der Waals surface area contributed by atoms with Crippen molar-refractivity contribution in [3.63, 3.8) is 0 Å². The van der Waals surface area contributed by atoms with E-state index in [4.69, 9.17) is 16.6 Å². The molecular weight excluding hydrogens is 398 g/mol. The quantitative estimate of drug-likeness (QED) is 0.203. The zero-order valence-electron chi connectivity index (χ0n) is 17.2. The van der Waals surface area contributed by atoms with Gasteiger partial charge in [-0.15, -0.1) is 0 Å². The van der Waals surface area contributed by atoms with Crippen molar-refractivity contribution in [2.75, 3.05) is 13.2 Å². The Kier molecular flexibility index (Phi) is 9.66. The second-order valence-corrected chi connectivity index (χ2v) is 7.41. The van der Waals surface area contributed by atoms with E-state index in [1.807, 2.05) is 13.8 Å². The number of carbonyl (C=O) groups excluding carboxylic acids is 4. The van der Waals surface area contributed by atoms with Crippen LogP contribution in [-0.2, 0) is 24.0 Å². The number of aliphatic carboxylic acids is 1. The standard InChI is InChI=1S/C18H31N5O7/c1-3-9(2)14(20)17(28)23-6-4-5-12(23)16(27)22-11(8-24)15(26)21-10(18(29)30)7-13(19)25/h9-12,14,24H,3-8,20H2,1-2H3,(H2,19,25)(H,21,26)(H,22,27)(H,29,30). The van der Waals surface area contributed by atoms with E-state index in [0.717, 1.165) is 0 Å². The minimum atomic E-state index is -1.60. The first-order chi connectivity index (χ1) is 14.0. The van der Waals surface area contributed by atoms with Gasteiger partial charge >= 0.3 is 5.97 Å². The van der Waals surface area contributed by atoms with Crippen LogP contribution in [0.4, 0.5) is 0 Å². The van der Waals surface area contributed by atoms with E-state index in [1.54, 1.807) is 0 Å². The number of nitrogens with one attached hydrogen (secondary N) is 2. The highest BCUT2D eigenvalue weighted by molar-refractivity contribution is 5.95. The molecule has 170 valence electrons. The molecule has 0 aromatic carbocycles. The Morgan fingerprint density at radius 2 is 1.80 bits per heavy atom. The summed E-state index contributed by atoms with van der Waals surface area (Å²) in [5.41, 5.74) is 10.9. The maximum Gasteiger partial charge on any atom is 0.326 e. The van der Waals surface area contributed by atoms with Gasteiger partial charge in [-0.05, 0) is 18.8 Å². The van der Waals surface area contributed by atoms with Gasteiger partial charge in [0.1, 0.15) is 18.1 Å². The van der Waals surface area contributed by atoms with Crippen molar-refractivity contribution in [2.24, 2.45) is 17.4 Å². The van der Waals surface area contributed by atoms with E-state index in [9.17, 15) is 29.1 Å². The molecular formula is C18H31N5O7. The predicted molar refractivity (Wildman–Crippen MR) is 105 cm³/mol. The Morgan fingerprint density at radius 3 is 2.30 bits per heavy atom. The van der Waals surface area contributed by atoms with Gasteiger partial charge in [0.05, 0.1) is 19.1 Å². The van der Waals surface area contributed by atoms with Gasteiger partial charge in [0, 0.05) is 6.54 Å². The molecule has 0 spiro atoms. The van der Waals surface area contributed by atoms with Crippen LogP contribution in [0, 0.1) is 5.92 Å². The highest BCUT2D eigenvalue weighted by Gasteiger charge is 2.38. The fraction of sp³-hybridized carbons (Fsp3) is 0.722. The number of nitrogens with two attached hydrogens (primary N) is 2. The Labute approximate surface area is 174 Å². The number of carbonyl (C=O) groups is 5. The summed E-state index contributed by atoms with van der Waals surface area (Å²) in [6.07, 6.45) is 0.989. The topological polar surface area (TPSA) is 205 Å². The Morgan fingerprint density at radius 1 is 1.17 bits per heavy atom. The number of nitrogens with zero attached hydrogens (tertiary/aromatic N) is 1. The summed E-state index contributed by atoms with van der Waals surface area (Å²) in [6.45, 7) is 3.27. The SMILES string of the molecule is CCC(C)C(N)C(=O)N1CCCC1C(=O)NC(CO)C(=O)NC(CC(N)=O)C(=O)O. The third-order valence-electron chi connectivity index (χ3n) is 5.22. The molecule has 12 nitrogen and oxygen atoms in total. The Bertz CT molecular complexity index is 671. The summed E-state index contributed by atoms with van der Waals surface area (Å²) < 4.78 is 0. The molecule has 30 heavy (non-hydrogen) atoms. The van der Waals surface area contributed by atoms with E-state index in [-0.39, 0.29) is 11.8 Å². The van der Waals surface area contributed by atoms with Gasteiger partial charge in [0.25, 0.3) is 0 Å². The van der Waals surface area contributed by atoms with Gasteiger partial charge in [-0.1, -0.05) is 20.3 Å². The number of carboxylic acid groups (broad SMARTS) is 1. The smallest absolute Gasteiger partial charge is 0.326 e. The molecule has 1 rings (SSSR count). The number of aliphatic hydroxyl groups is 1. The van der Waals surface area contributed by atoms with Crippen LogP contribution in [0.15, 0.2) is 0 Å². The lowest BCUT2D eigenvalue weighted by Crippen LogP contribution is -2.58. The number of primary amides is 1. The van der Waals surface area contributed by atoms with Crippen LogP contribution in [-0.4, -0.2) is 82.0 Å². The van der Waals surface area contributed by atoms with Crippen molar-refractivity contribution in [3.8, 4) is 0 Å². The van der Waals surface area contributed by atoms with Gasteiger partial charge in [0.2, 0.25) is 23.6 Å². The van der Waals surface area contributed by atoms with Crippen LogP contribution in [0.3, 0.4) is 0 Å². The molecule has 0 aromatic heterocycles. The van der Waals surface area contributed by atoms with E-state index in [0.29, 0.717) is 25.8 Å². The number of likely N-dealkylation sites (tertiary alicyclic amines) is 1. The molecule has 12 heteroatoms. The molecule has 5 atom stereocenters. The second-order valence-electron chi connectivity index (χ2n) is 7.41. The molecule has 5 unspecified atom stereocenters. The van der Waals surface area contributed by atoms with Crippen LogP contribution < -0.4 is 22.1 Å². The summed E-state index contributed by atoms with van der Waals surface area (Å²) in [5.74, 6) is -4.52. The van der Waals surface area contributed by atoms with Gasteiger partial charge in [0.15, 0.2) is 0 Å². The number of amides is 4. The predicted octanol–water partition coefficient (Wildman–Crippen LogP) is -2.73. The van der Waals surface area contributed by atoms with Gasteiger partial charge in [-0.3, -0.25) is 19.2 Å². The minimum Gasteiger partial charge on any atom is -0.480 e. The molecule has 1 aliphatic heterocycles. The molecule has 0 aromatic rings. The molecule has 1 aliphatic rings. The lowest BCUT2D eigenvalue weighted by Gasteiger charge is -2.29. The lowest BCUT2D eigenvalue weighted by atomic mass is 9.98. The molecule has 1 saturated heterocycles. The van der Waals surface area contributed by atoms with E-state index >= 15 is 0 Å². The van der Waals surface area contributed by atoms with Crippen molar-refractivity contribution >= 4 is 29.6 Å². The normalized spacial score (nSPS) is 20.0. The third kappa shape index (κ3) is 6.66. The second kappa shape index (κ2) is 11.5. The first kappa shape index (κ1) is 25.3. The van der Waals surface area contributed by atoms with E-state index < -0.39 is 60.9 Å². The molecule has 0 bridgehead atoms. The average molecular weight is 429 g/mol. The van der Waals surface area contributed by atoms with Crippen molar-refractivity contribution in [1.29, 1.82) is 0 Å². The molecule has 8 N–H and O–H groups in total. The molecule has 1 fully saturated rings. The Hall–Kier alpha value is -2.73. The fourth-order valence-electron chi connectivity index (χ4n) is 3.13. The monoisotopic (exact) mass is 429 g/mol. The van der Waals surface area contributed by atoms with E-state index in [2.05, 4.69) is 10.6 Å². The molecule has 0 saturated carbocycles. The lowest BCUT2D eigenvalue weighted by molar-refractivity contribution is -0.144. The largest absolute Gasteiger partial charge is 0.480 e. The number of hydrogen-bond acceptors (Lipinski definition) is 7. The van der Waals surface area contributed by atoms with Gasteiger partial charge in [-0.25, -0.2) is 4.79 Å². The van der Waals surface area contributed by atoms with Crippen LogP contribution in [0.2, 0.25) is 0 Å².